The third-order valence-corrected chi connectivity index (χ3v) is 3.44. The van der Waals surface area contributed by atoms with Gasteiger partial charge >= 0.3 is 0 Å². The Morgan fingerprint density at radius 2 is 2.00 bits per heavy atom. The van der Waals surface area contributed by atoms with Crippen LogP contribution < -0.4 is 5.32 Å². The Morgan fingerprint density at radius 3 is 2.70 bits per heavy atom. The van der Waals surface area contributed by atoms with Gasteiger partial charge in [0.25, 0.3) is 5.91 Å². The van der Waals surface area contributed by atoms with E-state index in [4.69, 9.17) is 0 Å². The number of likely N-dealkylation sites (N-methyl/N-ethyl adjacent to an activating group) is 1. The molecule has 23 heavy (non-hydrogen) atoms. The van der Waals surface area contributed by atoms with Crippen molar-refractivity contribution >= 4 is 11.9 Å². The third-order valence-electron chi connectivity index (χ3n) is 3.44. The minimum absolute atomic E-state index is 0.0934. The predicted molar refractivity (Wildman–Crippen MR) is 90.5 cm³/mol. The average molecular weight is 313 g/mol. The molecule has 0 bridgehead atoms. The molecule has 0 saturated carbocycles. The van der Waals surface area contributed by atoms with Crippen molar-refractivity contribution in [1.29, 1.82) is 0 Å². The molecule has 0 radical (unpaired) electrons. The molecule has 0 aliphatic rings. The first-order valence-electron chi connectivity index (χ1n) is 7.84. The lowest BCUT2D eigenvalue weighted by Gasteiger charge is -2.17. The summed E-state index contributed by atoms with van der Waals surface area (Å²) in [5.41, 5.74) is 2.36. The van der Waals surface area contributed by atoms with Gasteiger partial charge in [0.15, 0.2) is 0 Å². The SMILES string of the molecule is CCCNc1nc(C)cc(C(=O)N(C)CCc2ccncc2)n1. The Morgan fingerprint density at radius 1 is 1.26 bits per heavy atom. The zero-order valence-corrected chi connectivity index (χ0v) is 13.9. The van der Waals surface area contributed by atoms with Crippen LogP contribution in [-0.4, -0.2) is 45.9 Å². The van der Waals surface area contributed by atoms with Crippen LogP contribution in [-0.2, 0) is 6.42 Å². The summed E-state index contributed by atoms with van der Waals surface area (Å²) in [6.45, 7) is 5.35. The smallest absolute Gasteiger partial charge is 0.272 e. The summed E-state index contributed by atoms with van der Waals surface area (Å²) in [6, 6.07) is 5.64. The summed E-state index contributed by atoms with van der Waals surface area (Å²) >= 11 is 0. The minimum atomic E-state index is -0.0934. The molecule has 0 aliphatic heterocycles. The standard InChI is InChI=1S/C17H23N5O/c1-4-8-19-17-20-13(2)12-15(21-17)16(23)22(3)11-7-14-5-9-18-10-6-14/h5-6,9-10,12H,4,7-8,11H2,1-3H3,(H,19,20,21). The molecule has 0 saturated heterocycles. The van der Waals surface area contributed by atoms with E-state index in [1.54, 1.807) is 30.4 Å². The Balaban J connectivity index is 2.02. The summed E-state index contributed by atoms with van der Waals surface area (Å²) in [7, 11) is 1.79. The molecule has 0 aromatic carbocycles. The van der Waals surface area contributed by atoms with Gasteiger partial charge in [-0.05, 0) is 43.5 Å². The zero-order valence-electron chi connectivity index (χ0n) is 13.9. The number of rotatable bonds is 7. The number of nitrogens with one attached hydrogen (secondary N) is 1. The van der Waals surface area contributed by atoms with E-state index in [-0.39, 0.29) is 5.91 Å². The topological polar surface area (TPSA) is 71.0 Å². The number of carbonyl (C=O) groups excluding carboxylic acids is 1. The fraction of sp³-hybridized carbons (Fsp3) is 0.412. The molecule has 0 unspecified atom stereocenters. The lowest BCUT2D eigenvalue weighted by molar-refractivity contribution is 0.0790. The second-order valence-electron chi connectivity index (χ2n) is 5.48. The van der Waals surface area contributed by atoms with Crippen LogP contribution in [0.4, 0.5) is 5.95 Å². The van der Waals surface area contributed by atoms with Crippen LogP contribution in [0.5, 0.6) is 0 Å². The molecule has 0 spiro atoms. The molecule has 2 aromatic heterocycles. The lowest BCUT2D eigenvalue weighted by Crippen LogP contribution is -2.30. The Hall–Kier alpha value is -2.50. The lowest BCUT2D eigenvalue weighted by atomic mass is 10.2. The van der Waals surface area contributed by atoms with Gasteiger partial charge in [0.2, 0.25) is 5.95 Å². The number of aromatic nitrogens is 3. The van der Waals surface area contributed by atoms with Crippen LogP contribution in [0.15, 0.2) is 30.6 Å². The zero-order chi connectivity index (χ0) is 16.7. The maximum atomic E-state index is 12.5. The number of amides is 1. The number of pyridine rings is 1. The van der Waals surface area contributed by atoms with Crippen molar-refractivity contribution in [2.45, 2.75) is 26.7 Å². The summed E-state index contributed by atoms with van der Waals surface area (Å²) in [5, 5.41) is 3.13. The van der Waals surface area contributed by atoms with E-state index in [1.165, 1.54) is 0 Å². The molecule has 0 atom stereocenters. The molecular weight excluding hydrogens is 290 g/mol. The molecular formula is C17H23N5O. The first kappa shape index (κ1) is 16.9. The van der Waals surface area contributed by atoms with Crippen molar-refractivity contribution in [2.75, 3.05) is 25.5 Å². The highest BCUT2D eigenvalue weighted by molar-refractivity contribution is 5.92. The van der Waals surface area contributed by atoms with Crippen LogP contribution in [0.2, 0.25) is 0 Å². The normalized spacial score (nSPS) is 10.4. The van der Waals surface area contributed by atoms with Crippen molar-refractivity contribution in [3.8, 4) is 0 Å². The highest BCUT2D eigenvalue weighted by Gasteiger charge is 2.15. The Labute approximate surface area is 137 Å². The van der Waals surface area contributed by atoms with E-state index in [0.717, 1.165) is 30.6 Å². The van der Waals surface area contributed by atoms with Crippen molar-refractivity contribution < 1.29 is 4.79 Å². The van der Waals surface area contributed by atoms with Crippen LogP contribution in [0, 0.1) is 6.92 Å². The number of carbonyl (C=O) groups is 1. The summed E-state index contributed by atoms with van der Waals surface area (Å²) in [6.07, 6.45) is 5.29. The maximum absolute atomic E-state index is 12.5. The highest BCUT2D eigenvalue weighted by Crippen LogP contribution is 2.08. The van der Waals surface area contributed by atoms with E-state index in [9.17, 15) is 4.79 Å². The number of hydrogen-bond donors (Lipinski definition) is 1. The first-order valence-corrected chi connectivity index (χ1v) is 7.84. The monoisotopic (exact) mass is 313 g/mol. The number of nitrogens with zero attached hydrogens (tertiary/aromatic N) is 4. The van der Waals surface area contributed by atoms with Gasteiger partial charge in [-0.2, -0.15) is 0 Å². The largest absolute Gasteiger partial charge is 0.354 e. The Kier molecular flexibility index (Phi) is 6.02. The van der Waals surface area contributed by atoms with Gasteiger partial charge in [0.1, 0.15) is 5.69 Å². The summed E-state index contributed by atoms with van der Waals surface area (Å²) < 4.78 is 0. The quantitative estimate of drug-likeness (QED) is 0.849. The predicted octanol–water partition coefficient (Wildman–Crippen LogP) is 2.32. The molecule has 0 aliphatic carbocycles. The van der Waals surface area contributed by atoms with Crippen molar-refractivity contribution in [2.24, 2.45) is 0 Å². The van der Waals surface area contributed by atoms with Crippen LogP contribution >= 0.6 is 0 Å². The fourth-order valence-corrected chi connectivity index (χ4v) is 2.14. The van der Waals surface area contributed by atoms with E-state index in [1.807, 2.05) is 19.1 Å². The van der Waals surface area contributed by atoms with Gasteiger partial charge in [0, 0.05) is 38.2 Å². The van der Waals surface area contributed by atoms with Gasteiger partial charge in [-0.3, -0.25) is 9.78 Å². The van der Waals surface area contributed by atoms with Crippen LogP contribution in [0.25, 0.3) is 0 Å². The molecule has 0 fully saturated rings. The fourth-order valence-electron chi connectivity index (χ4n) is 2.14. The average Bonchev–Trinajstić information content (AvgIpc) is 2.57. The second kappa shape index (κ2) is 8.22. The van der Waals surface area contributed by atoms with Crippen LogP contribution in [0.3, 0.4) is 0 Å². The van der Waals surface area contributed by atoms with Crippen molar-refractivity contribution in [3.05, 3.63) is 47.5 Å². The number of anilines is 1. The van der Waals surface area contributed by atoms with Gasteiger partial charge < -0.3 is 10.2 Å². The highest BCUT2D eigenvalue weighted by atomic mass is 16.2. The number of aryl methyl sites for hydroxylation is 1. The summed E-state index contributed by atoms with van der Waals surface area (Å²) in [5.74, 6) is 0.418. The van der Waals surface area contributed by atoms with Gasteiger partial charge in [0.05, 0.1) is 0 Å². The summed E-state index contributed by atoms with van der Waals surface area (Å²) in [4.78, 5) is 26.9. The molecule has 2 rings (SSSR count). The molecule has 6 heteroatoms. The van der Waals surface area contributed by atoms with Gasteiger partial charge in [-0.1, -0.05) is 6.92 Å². The van der Waals surface area contributed by atoms with Crippen molar-refractivity contribution in [1.82, 2.24) is 19.9 Å². The Bertz CT molecular complexity index is 645. The molecule has 122 valence electrons. The van der Waals surface area contributed by atoms with Crippen molar-refractivity contribution in [3.63, 3.8) is 0 Å². The molecule has 1 N–H and O–H groups in total. The minimum Gasteiger partial charge on any atom is -0.354 e. The van der Waals surface area contributed by atoms with E-state index in [0.29, 0.717) is 18.2 Å². The molecule has 2 aromatic rings. The number of hydrogen-bond acceptors (Lipinski definition) is 5. The molecule has 6 nitrogen and oxygen atoms in total. The third kappa shape index (κ3) is 5.02. The van der Waals surface area contributed by atoms with Gasteiger partial charge in [-0.25, -0.2) is 9.97 Å². The van der Waals surface area contributed by atoms with E-state index in [2.05, 4.69) is 27.2 Å². The van der Waals surface area contributed by atoms with E-state index >= 15 is 0 Å². The van der Waals surface area contributed by atoms with Crippen LogP contribution in [0.1, 0.15) is 35.1 Å². The van der Waals surface area contributed by atoms with E-state index < -0.39 is 0 Å². The van der Waals surface area contributed by atoms with Gasteiger partial charge in [-0.15, -0.1) is 0 Å². The second-order valence-corrected chi connectivity index (χ2v) is 5.48. The molecule has 2 heterocycles. The first-order chi connectivity index (χ1) is 11.1. The maximum Gasteiger partial charge on any atom is 0.272 e. The molecule has 1 amide bonds.